The number of nitrogens with zero attached hydrogens (tertiary/aromatic N) is 1. The molecule has 0 unspecified atom stereocenters. The van der Waals surface area contributed by atoms with E-state index in [2.05, 4.69) is 43.1 Å². The van der Waals surface area contributed by atoms with E-state index in [0.717, 1.165) is 30.0 Å². The van der Waals surface area contributed by atoms with Crippen molar-refractivity contribution in [1.29, 1.82) is 0 Å². The normalized spacial score (nSPS) is 11.2. The lowest BCUT2D eigenvalue weighted by molar-refractivity contribution is 0.305. The summed E-state index contributed by atoms with van der Waals surface area (Å²) in [6, 6.07) is 16.8. The fourth-order valence-electron chi connectivity index (χ4n) is 3.02. The largest absolute Gasteiger partial charge is 0.494 e. The van der Waals surface area contributed by atoms with E-state index >= 15 is 0 Å². The molecule has 0 aliphatic carbocycles. The first-order valence-corrected chi connectivity index (χ1v) is 10.7. The Kier molecular flexibility index (Phi) is 10.3. The van der Waals surface area contributed by atoms with Crippen LogP contribution >= 0.6 is 0 Å². The van der Waals surface area contributed by atoms with Crippen LogP contribution in [0.25, 0.3) is 0 Å². The zero-order valence-corrected chi connectivity index (χ0v) is 17.1. The summed E-state index contributed by atoms with van der Waals surface area (Å²) in [6.45, 7) is 5.28. The summed E-state index contributed by atoms with van der Waals surface area (Å²) in [4.78, 5) is 4.57. The Morgan fingerprint density at radius 1 is 0.741 bits per heavy atom. The molecule has 0 bridgehead atoms. The molecule has 0 aliphatic rings. The molecule has 0 aliphatic heterocycles. The minimum Gasteiger partial charge on any atom is -0.494 e. The van der Waals surface area contributed by atoms with Crippen LogP contribution in [0.15, 0.2) is 53.5 Å². The third kappa shape index (κ3) is 8.90. The SMILES string of the molecule is CCCCCCOc1ccc(N=Cc2ccc(CCCCCC)cc2)cc1. The molecular formula is C25H35NO. The number of unbranched alkanes of at least 4 members (excludes halogenated alkanes) is 6. The first-order valence-electron chi connectivity index (χ1n) is 10.7. The summed E-state index contributed by atoms with van der Waals surface area (Å²) in [5, 5.41) is 0. The summed E-state index contributed by atoms with van der Waals surface area (Å²) < 4.78 is 5.78. The van der Waals surface area contributed by atoms with Crippen molar-refractivity contribution >= 4 is 11.9 Å². The average molecular weight is 366 g/mol. The fraction of sp³-hybridized carbons (Fsp3) is 0.480. The molecule has 0 saturated heterocycles. The van der Waals surface area contributed by atoms with Gasteiger partial charge in [-0.3, -0.25) is 4.99 Å². The van der Waals surface area contributed by atoms with Crippen LogP contribution in [0.3, 0.4) is 0 Å². The summed E-state index contributed by atoms with van der Waals surface area (Å²) in [5.41, 5.74) is 3.52. The summed E-state index contributed by atoms with van der Waals surface area (Å²) in [7, 11) is 0. The lowest BCUT2D eigenvalue weighted by atomic mass is 10.0. The minimum atomic E-state index is 0.799. The average Bonchev–Trinajstić information content (AvgIpc) is 2.71. The molecule has 0 fully saturated rings. The lowest BCUT2D eigenvalue weighted by Crippen LogP contribution is -1.96. The van der Waals surface area contributed by atoms with Crippen molar-refractivity contribution in [2.75, 3.05) is 6.61 Å². The van der Waals surface area contributed by atoms with Crippen molar-refractivity contribution in [1.82, 2.24) is 0 Å². The van der Waals surface area contributed by atoms with Crippen LogP contribution in [0.5, 0.6) is 5.75 Å². The smallest absolute Gasteiger partial charge is 0.119 e. The van der Waals surface area contributed by atoms with Crippen molar-refractivity contribution in [3.05, 3.63) is 59.7 Å². The fourth-order valence-corrected chi connectivity index (χ4v) is 3.02. The van der Waals surface area contributed by atoms with E-state index in [9.17, 15) is 0 Å². The second-order valence-corrected chi connectivity index (χ2v) is 7.21. The lowest BCUT2D eigenvalue weighted by Gasteiger charge is -2.06. The highest BCUT2D eigenvalue weighted by atomic mass is 16.5. The zero-order chi connectivity index (χ0) is 19.2. The predicted molar refractivity (Wildman–Crippen MR) is 118 cm³/mol. The Morgan fingerprint density at radius 3 is 2.07 bits per heavy atom. The first-order chi connectivity index (χ1) is 13.3. The number of benzene rings is 2. The molecule has 2 heteroatoms. The third-order valence-electron chi connectivity index (χ3n) is 4.76. The van der Waals surface area contributed by atoms with E-state index in [4.69, 9.17) is 4.74 Å². The highest BCUT2D eigenvalue weighted by Crippen LogP contribution is 2.19. The van der Waals surface area contributed by atoms with Crippen LogP contribution in [0.2, 0.25) is 0 Å². The van der Waals surface area contributed by atoms with Crippen LogP contribution in [0.4, 0.5) is 5.69 Å². The predicted octanol–water partition coefficient (Wildman–Crippen LogP) is 7.52. The Hall–Kier alpha value is -2.09. The second kappa shape index (κ2) is 13.1. The molecule has 0 radical (unpaired) electrons. The van der Waals surface area contributed by atoms with E-state index in [1.807, 2.05) is 30.5 Å². The van der Waals surface area contributed by atoms with Crippen molar-refractivity contribution in [3.8, 4) is 5.75 Å². The molecule has 0 heterocycles. The quantitative estimate of drug-likeness (QED) is 0.266. The molecule has 0 atom stereocenters. The molecule has 0 N–H and O–H groups in total. The molecule has 0 spiro atoms. The molecule has 2 aromatic rings. The van der Waals surface area contributed by atoms with Crippen molar-refractivity contribution < 1.29 is 4.74 Å². The molecule has 146 valence electrons. The summed E-state index contributed by atoms with van der Waals surface area (Å²) >= 11 is 0. The van der Waals surface area contributed by atoms with Crippen LogP contribution < -0.4 is 4.74 Å². The van der Waals surface area contributed by atoms with Gasteiger partial charge in [-0.1, -0.05) is 76.6 Å². The van der Waals surface area contributed by atoms with Crippen LogP contribution in [0, 0.1) is 0 Å². The molecule has 0 aromatic heterocycles. The highest BCUT2D eigenvalue weighted by Gasteiger charge is 1.96. The number of ether oxygens (including phenoxy) is 1. The maximum Gasteiger partial charge on any atom is 0.119 e. The molecule has 27 heavy (non-hydrogen) atoms. The van der Waals surface area contributed by atoms with Crippen LogP contribution in [-0.4, -0.2) is 12.8 Å². The van der Waals surface area contributed by atoms with Gasteiger partial charge in [0.1, 0.15) is 5.75 Å². The maximum absolute atomic E-state index is 5.78. The first kappa shape index (κ1) is 21.2. The molecule has 0 amide bonds. The molecular weight excluding hydrogens is 330 g/mol. The van der Waals surface area contributed by atoms with Gasteiger partial charge in [-0.25, -0.2) is 0 Å². The van der Waals surface area contributed by atoms with Gasteiger partial charge < -0.3 is 4.74 Å². The molecule has 2 aromatic carbocycles. The van der Waals surface area contributed by atoms with Gasteiger partial charge in [0.15, 0.2) is 0 Å². The molecule has 2 rings (SSSR count). The third-order valence-corrected chi connectivity index (χ3v) is 4.76. The van der Waals surface area contributed by atoms with Crippen LogP contribution in [-0.2, 0) is 6.42 Å². The molecule has 2 nitrogen and oxygen atoms in total. The minimum absolute atomic E-state index is 0.799. The number of hydrogen-bond acceptors (Lipinski definition) is 2. The van der Waals surface area contributed by atoms with Gasteiger partial charge in [0, 0.05) is 6.21 Å². The standard InChI is InChI=1S/C25H35NO/c1-3-5-7-9-11-22-12-14-23(15-13-22)21-26-24-16-18-25(19-17-24)27-20-10-8-6-4-2/h12-19,21H,3-11,20H2,1-2H3. The van der Waals surface area contributed by atoms with Gasteiger partial charge in [0.05, 0.1) is 12.3 Å². The Morgan fingerprint density at radius 2 is 1.41 bits per heavy atom. The zero-order valence-electron chi connectivity index (χ0n) is 17.1. The second-order valence-electron chi connectivity index (χ2n) is 7.21. The van der Waals surface area contributed by atoms with Gasteiger partial charge in [0.2, 0.25) is 0 Å². The number of rotatable bonds is 13. The van der Waals surface area contributed by atoms with E-state index < -0.39 is 0 Å². The van der Waals surface area contributed by atoms with Gasteiger partial charge in [-0.15, -0.1) is 0 Å². The summed E-state index contributed by atoms with van der Waals surface area (Å²) in [5.74, 6) is 0.929. The van der Waals surface area contributed by atoms with E-state index in [0.29, 0.717) is 0 Å². The van der Waals surface area contributed by atoms with E-state index in [-0.39, 0.29) is 0 Å². The summed E-state index contributed by atoms with van der Waals surface area (Å²) in [6.07, 6.45) is 13.3. The van der Waals surface area contributed by atoms with E-state index in [1.54, 1.807) is 0 Å². The molecule has 0 saturated carbocycles. The monoisotopic (exact) mass is 365 g/mol. The van der Waals surface area contributed by atoms with Gasteiger partial charge in [-0.05, 0) is 54.7 Å². The Balaban J connectivity index is 1.76. The van der Waals surface area contributed by atoms with Gasteiger partial charge >= 0.3 is 0 Å². The van der Waals surface area contributed by atoms with Crippen LogP contribution in [0.1, 0.15) is 76.3 Å². The number of aryl methyl sites for hydroxylation is 1. The topological polar surface area (TPSA) is 21.6 Å². The van der Waals surface area contributed by atoms with Crippen molar-refractivity contribution in [2.45, 2.75) is 71.6 Å². The number of aliphatic imine (C=N–C) groups is 1. The van der Waals surface area contributed by atoms with Gasteiger partial charge in [0.25, 0.3) is 0 Å². The van der Waals surface area contributed by atoms with Gasteiger partial charge in [-0.2, -0.15) is 0 Å². The Bertz CT molecular complexity index is 643. The maximum atomic E-state index is 5.78. The van der Waals surface area contributed by atoms with Crippen molar-refractivity contribution in [2.24, 2.45) is 4.99 Å². The van der Waals surface area contributed by atoms with Crippen molar-refractivity contribution in [3.63, 3.8) is 0 Å². The highest BCUT2D eigenvalue weighted by molar-refractivity contribution is 5.81. The number of hydrogen-bond donors (Lipinski definition) is 0. The van der Waals surface area contributed by atoms with E-state index in [1.165, 1.54) is 56.9 Å². The Labute approximate surface area is 165 Å².